The van der Waals surface area contributed by atoms with Crippen molar-refractivity contribution >= 4 is 52.6 Å². The van der Waals surface area contributed by atoms with Crippen molar-refractivity contribution in [1.82, 2.24) is 50.8 Å². The van der Waals surface area contributed by atoms with Gasteiger partial charge in [0.25, 0.3) is 0 Å². The number of urea groups is 2. The van der Waals surface area contributed by atoms with Crippen molar-refractivity contribution in [2.24, 2.45) is 0 Å². The molecule has 20 heteroatoms. The van der Waals surface area contributed by atoms with Crippen molar-refractivity contribution in [1.29, 1.82) is 0 Å². The normalized spacial score (nSPS) is 18.1. The number of amides is 4. The van der Waals surface area contributed by atoms with Crippen LogP contribution in [0, 0.1) is 0 Å². The second-order valence-corrected chi connectivity index (χ2v) is 16.4. The number of morpholine rings is 2. The highest BCUT2D eigenvalue weighted by atomic mass is 35.5. The first-order valence-corrected chi connectivity index (χ1v) is 22.6. The molecule has 2 aromatic carbocycles. The van der Waals surface area contributed by atoms with Crippen LogP contribution >= 0.6 is 11.6 Å². The molecule has 0 bridgehead atoms. The van der Waals surface area contributed by atoms with E-state index in [1.807, 2.05) is 62.4 Å². The number of carbonyl (C=O) groups is 2. The van der Waals surface area contributed by atoms with E-state index in [-0.39, 0.29) is 29.4 Å². The van der Waals surface area contributed by atoms with Gasteiger partial charge in [-0.25, -0.2) is 39.5 Å². The number of nitrogens with one attached hydrogen (secondary N) is 5. The summed E-state index contributed by atoms with van der Waals surface area (Å²) in [4.78, 5) is 62.6. The molecule has 5 aromatic rings. The van der Waals surface area contributed by atoms with E-state index < -0.39 is 0 Å². The molecular weight excluding hydrogens is 850 g/mol. The quantitative estimate of drug-likeness (QED) is 0.131. The average molecular weight is 906 g/mol. The number of fused-ring (bicyclic) bond motifs is 2. The van der Waals surface area contributed by atoms with E-state index in [9.17, 15) is 9.59 Å². The number of hydrogen-bond acceptors (Lipinski definition) is 15. The molecule has 0 aliphatic carbocycles. The van der Waals surface area contributed by atoms with Gasteiger partial charge in [0.15, 0.2) is 11.6 Å². The largest absolute Gasteiger partial charge is 0.377 e. The molecule has 2 atom stereocenters. The van der Waals surface area contributed by atoms with Crippen LogP contribution in [-0.2, 0) is 35.4 Å². The SMILES string of the molecule is CCNC(=O)Nc1ccc(-c2nc3c(c(N4CCOC[C@@H]4C)n2)CCN(c2ncnc(Cl)n2)C3)cc1.CCNC(=O)Nc1ccc(-c2nc3c(c(N4CCOC[C@@H]4C)n2)CCNC3)cc1. The summed E-state index contributed by atoms with van der Waals surface area (Å²) in [5.74, 6) is 3.85. The van der Waals surface area contributed by atoms with Crippen molar-refractivity contribution in [3.05, 3.63) is 82.7 Å². The zero-order valence-electron chi connectivity index (χ0n) is 37.2. The Morgan fingerprint density at radius 3 is 1.77 bits per heavy atom. The molecule has 0 unspecified atom stereocenters. The Hall–Kier alpha value is -6.28. The Bertz CT molecular complexity index is 2440. The smallest absolute Gasteiger partial charge is 0.319 e. The number of nitrogens with zero attached hydrogens (tertiary/aromatic N) is 10. The van der Waals surface area contributed by atoms with E-state index >= 15 is 0 Å². The van der Waals surface area contributed by atoms with Crippen LogP contribution in [0.4, 0.5) is 38.5 Å². The van der Waals surface area contributed by atoms with Gasteiger partial charge in [-0.15, -0.1) is 0 Å². The van der Waals surface area contributed by atoms with Crippen molar-refractivity contribution < 1.29 is 19.1 Å². The van der Waals surface area contributed by atoms with Gasteiger partial charge >= 0.3 is 12.1 Å². The summed E-state index contributed by atoms with van der Waals surface area (Å²) in [6, 6.07) is 15.2. The lowest BCUT2D eigenvalue weighted by molar-refractivity contribution is 0.0983. The molecule has 2 saturated heterocycles. The molecule has 65 heavy (non-hydrogen) atoms. The maximum Gasteiger partial charge on any atom is 0.319 e. The van der Waals surface area contributed by atoms with E-state index in [2.05, 4.69) is 70.1 Å². The molecule has 0 spiro atoms. The van der Waals surface area contributed by atoms with Gasteiger partial charge in [-0.3, -0.25) is 0 Å². The minimum Gasteiger partial charge on any atom is -0.377 e. The molecule has 2 fully saturated rings. The number of hydrogen-bond donors (Lipinski definition) is 5. The van der Waals surface area contributed by atoms with Gasteiger partial charge < -0.3 is 50.8 Å². The first-order valence-electron chi connectivity index (χ1n) is 22.3. The highest BCUT2D eigenvalue weighted by Crippen LogP contribution is 2.33. The highest BCUT2D eigenvalue weighted by molar-refractivity contribution is 6.28. The maximum atomic E-state index is 11.9. The average Bonchev–Trinajstić information content (AvgIpc) is 3.32. The number of benzene rings is 2. The lowest BCUT2D eigenvalue weighted by atomic mass is 10.0. The number of halogens is 1. The summed E-state index contributed by atoms with van der Waals surface area (Å²) < 4.78 is 11.3. The van der Waals surface area contributed by atoms with Gasteiger partial charge in [-0.05, 0) is 107 Å². The molecule has 19 nitrogen and oxygen atoms in total. The predicted octanol–water partition coefficient (Wildman–Crippen LogP) is 5.07. The molecule has 0 radical (unpaired) electrons. The van der Waals surface area contributed by atoms with E-state index in [0.29, 0.717) is 62.7 Å². The highest BCUT2D eigenvalue weighted by Gasteiger charge is 2.31. The summed E-state index contributed by atoms with van der Waals surface area (Å²) in [5.41, 5.74) is 7.61. The first kappa shape index (κ1) is 45.3. The third-order valence-corrected chi connectivity index (χ3v) is 11.7. The van der Waals surface area contributed by atoms with E-state index in [1.54, 1.807) is 0 Å². The molecule has 9 rings (SSSR count). The Balaban J connectivity index is 0.000000181. The Kier molecular flexibility index (Phi) is 14.7. The van der Waals surface area contributed by atoms with Crippen molar-refractivity contribution in [3.8, 4) is 22.8 Å². The summed E-state index contributed by atoms with van der Waals surface area (Å²) in [5, 5.41) is 14.7. The van der Waals surface area contributed by atoms with Crippen LogP contribution in [0.1, 0.15) is 50.2 Å². The topological polar surface area (TPSA) is 213 Å². The minimum atomic E-state index is -0.239. The Morgan fingerprint density at radius 2 is 1.25 bits per heavy atom. The molecular formula is C45H56ClN15O4. The lowest BCUT2D eigenvalue weighted by Gasteiger charge is -2.37. The number of anilines is 5. The Labute approximate surface area is 383 Å². The molecule has 7 heterocycles. The van der Waals surface area contributed by atoms with Crippen LogP contribution in [0.15, 0.2) is 54.9 Å². The van der Waals surface area contributed by atoms with Gasteiger partial charge in [-0.2, -0.15) is 4.98 Å². The Morgan fingerprint density at radius 1 is 0.708 bits per heavy atom. The molecule has 0 saturated carbocycles. The van der Waals surface area contributed by atoms with Gasteiger partial charge in [0.1, 0.15) is 18.0 Å². The first-order chi connectivity index (χ1) is 31.7. The van der Waals surface area contributed by atoms with Crippen LogP contribution in [0.2, 0.25) is 5.28 Å². The third kappa shape index (κ3) is 11.0. The second kappa shape index (κ2) is 21.1. The summed E-state index contributed by atoms with van der Waals surface area (Å²) >= 11 is 6.01. The van der Waals surface area contributed by atoms with Crippen LogP contribution in [0.3, 0.4) is 0 Å². The van der Waals surface area contributed by atoms with Gasteiger partial charge in [0.2, 0.25) is 11.2 Å². The molecule has 4 aliphatic rings. The van der Waals surface area contributed by atoms with Gasteiger partial charge in [0, 0.05) is 72.9 Å². The summed E-state index contributed by atoms with van der Waals surface area (Å²) in [7, 11) is 0. The van der Waals surface area contributed by atoms with E-state index in [4.69, 9.17) is 41.0 Å². The lowest BCUT2D eigenvalue weighted by Crippen LogP contribution is -2.45. The monoisotopic (exact) mass is 905 g/mol. The number of ether oxygens (including phenoxy) is 2. The zero-order valence-corrected chi connectivity index (χ0v) is 38.0. The van der Waals surface area contributed by atoms with Crippen molar-refractivity contribution in [2.45, 2.75) is 65.7 Å². The van der Waals surface area contributed by atoms with Crippen LogP contribution < -0.4 is 41.3 Å². The standard InChI is InChI=1S/C24H28ClN9O2.C21H28N6O2/c1-3-26-24(35)29-17-6-4-16(5-7-17)20-30-19-12-33(23-28-14-27-22(25)32-23)9-8-18(19)21(31-20)34-10-11-36-13-15(34)2;1-3-23-21(28)24-16-6-4-15(5-7-16)19-25-18-12-22-9-8-17(18)20(26-19)27-10-11-29-13-14(27)2/h4-7,14-15H,3,8-13H2,1-2H3,(H2,26,29,35);4-7,14,22H,3,8-13H2,1-2H3,(H2,23,24,28)/t15-;14-/m00/s1. The molecule has 4 amide bonds. The van der Waals surface area contributed by atoms with Crippen molar-refractivity contribution in [2.75, 3.05) is 91.0 Å². The maximum absolute atomic E-state index is 11.9. The molecule has 4 aliphatic heterocycles. The molecule has 342 valence electrons. The van der Waals surface area contributed by atoms with Crippen molar-refractivity contribution in [3.63, 3.8) is 0 Å². The summed E-state index contributed by atoms with van der Waals surface area (Å²) in [6.45, 7) is 16.6. The molecule has 5 N–H and O–H groups in total. The minimum absolute atomic E-state index is 0.165. The van der Waals surface area contributed by atoms with Crippen LogP contribution in [-0.4, -0.2) is 125 Å². The fourth-order valence-electron chi connectivity index (χ4n) is 8.24. The second-order valence-electron chi connectivity index (χ2n) is 16.1. The van der Waals surface area contributed by atoms with E-state index in [0.717, 1.165) is 97.6 Å². The fourth-order valence-corrected chi connectivity index (χ4v) is 8.35. The van der Waals surface area contributed by atoms with E-state index in [1.165, 1.54) is 11.9 Å². The number of aromatic nitrogens is 7. The summed E-state index contributed by atoms with van der Waals surface area (Å²) in [6.07, 6.45) is 3.11. The van der Waals surface area contributed by atoms with Gasteiger partial charge in [0.05, 0.1) is 56.4 Å². The molecule has 3 aromatic heterocycles. The number of carbonyl (C=O) groups excluding carboxylic acids is 2. The zero-order chi connectivity index (χ0) is 45.3. The van der Waals surface area contributed by atoms with Crippen LogP contribution in [0.5, 0.6) is 0 Å². The fraction of sp³-hybridized carbons (Fsp3) is 0.444. The predicted molar refractivity (Wildman–Crippen MR) is 251 cm³/mol. The van der Waals surface area contributed by atoms with Crippen LogP contribution in [0.25, 0.3) is 22.8 Å². The number of rotatable bonds is 9. The van der Waals surface area contributed by atoms with Gasteiger partial charge in [-0.1, -0.05) is 0 Å². The third-order valence-electron chi connectivity index (χ3n) is 11.5.